The molecular weight excluding hydrogens is 320 g/mol. The Hall–Kier alpha value is -2.47. The highest BCUT2D eigenvalue weighted by molar-refractivity contribution is 7.16. The van der Waals surface area contributed by atoms with Crippen LogP contribution in [-0.2, 0) is 13.1 Å². The molecule has 124 valence electrons. The molecule has 0 aliphatic carbocycles. The molecular formula is C18H20N4OS. The Kier molecular flexibility index (Phi) is 4.49. The molecule has 0 spiro atoms. The fourth-order valence-electron chi connectivity index (χ4n) is 2.62. The molecule has 0 aliphatic rings. The van der Waals surface area contributed by atoms with Crippen molar-refractivity contribution in [2.24, 2.45) is 4.99 Å². The van der Waals surface area contributed by atoms with Crippen LogP contribution in [0.1, 0.15) is 28.5 Å². The zero-order valence-electron chi connectivity index (χ0n) is 14.1. The number of thiazole rings is 1. The molecule has 0 atom stereocenters. The van der Waals surface area contributed by atoms with Crippen LogP contribution in [0, 0.1) is 13.8 Å². The van der Waals surface area contributed by atoms with Crippen LogP contribution < -0.4 is 4.80 Å². The van der Waals surface area contributed by atoms with Gasteiger partial charge in [0.25, 0.3) is 5.91 Å². The number of amides is 1. The van der Waals surface area contributed by atoms with Crippen molar-refractivity contribution in [3.05, 3.63) is 58.7 Å². The van der Waals surface area contributed by atoms with Crippen LogP contribution in [0.15, 0.2) is 42.0 Å². The van der Waals surface area contributed by atoms with E-state index in [4.69, 9.17) is 0 Å². The molecule has 0 saturated heterocycles. The van der Waals surface area contributed by atoms with Crippen molar-refractivity contribution >= 4 is 27.5 Å². The number of hydrogen-bond donors (Lipinski definition) is 0. The molecule has 0 N–H and O–H groups in total. The molecule has 0 bridgehead atoms. The van der Waals surface area contributed by atoms with Gasteiger partial charge in [-0.2, -0.15) is 10.1 Å². The maximum absolute atomic E-state index is 12.6. The van der Waals surface area contributed by atoms with Gasteiger partial charge in [0.2, 0.25) is 0 Å². The molecule has 3 rings (SSSR count). The second-order valence-corrected chi connectivity index (χ2v) is 6.65. The maximum atomic E-state index is 12.6. The summed E-state index contributed by atoms with van der Waals surface area (Å²) in [5.41, 5.74) is 4.04. The van der Waals surface area contributed by atoms with Gasteiger partial charge in [0.05, 0.1) is 10.2 Å². The molecule has 0 fully saturated rings. The van der Waals surface area contributed by atoms with Gasteiger partial charge in [-0.15, -0.1) is 6.58 Å². The van der Waals surface area contributed by atoms with Gasteiger partial charge < -0.3 is 4.57 Å². The number of carbonyl (C=O) groups excluding carboxylic acids is 1. The normalized spacial score (nSPS) is 12.0. The van der Waals surface area contributed by atoms with Gasteiger partial charge in [-0.3, -0.25) is 9.48 Å². The first-order valence-corrected chi connectivity index (χ1v) is 8.69. The minimum absolute atomic E-state index is 0.271. The molecule has 0 saturated carbocycles. The first-order valence-electron chi connectivity index (χ1n) is 7.87. The lowest BCUT2D eigenvalue weighted by atomic mass is 10.1. The second kappa shape index (κ2) is 6.57. The fraction of sp³-hybridized carbons (Fsp3) is 0.278. The van der Waals surface area contributed by atoms with Gasteiger partial charge in [-0.25, -0.2) is 0 Å². The molecule has 1 aromatic carbocycles. The zero-order valence-corrected chi connectivity index (χ0v) is 14.9. The quantitative estimate of drug-likeness (QED) is 0.683. The molecule has 0 radical (unpaired) electrons. The van der Waals surface area contributed by atoms with Crippen LogP contribution in [0.25, 0.3) is 10.2 Å². The van der Waals surface area contributed by atoms with Gasteiger partial charge in [0, 0.05) is 19.3 Å². The Bertz CT molecular complexity index is 990. The van der Waals surface area contributed by atoms with Crippen molar-refractivity contribution < 1.29 is 4.79 Å². The largest absolute Gasteiger partial charge is 0.312 e. The molecule has 0 aliphatic heterocycles. The first-order chi connectivity index (χ1) is 11.5. The number of benzene rings is 1. The predicted molar refractivity (Wildman–Crippen MR) is 97.3 cm³/mol. The fourth-order valence-corrected chi connectivity index (χ4v) is 3.74. The molecule has 24 heavy (non-hydrogen) atoms. The van der Waals surface area contributed by atoms with E-state index >= 15 is 0 Å². The van der Waals surface area contributed by atoms with Crippen molar-refractivity contribution in [2.75, 3.05) is 0 Å². The Balaban J connectivity index is 2.19. The van der Waals surface area contributed by atoms with Gasteiger partial charge in [-0.1, -0.05) is 17.4 Å². The number of aromatic nitrogens is 3. The van der Waals surface area contributed by atoms with E-state index in [0.29, 0.717) is 23.6 Å². The lowest BCUT2D eigenvalue weighted by molar-refractivity contribution is 0.0987. The Morgan fingerprint density at radius 1 is 1.38 bits per heavy atom. The lowest BCUT2D eigenvalue weighted by Gasteiger charge is -2.04. The van der Waals surface area contributed by atoms with Crippen LogP contribution in [0.5, 0.6) is 0 Å². The minimum atomic E-state index is -0.271. The summed E-state index contributed by atoms with van der Waals surface area (Å²) < 4.78 is 4.81. The summed E-state index contributed by atoms with van der Waals surface area (Å²) in [6.07, 6.45) is 3.45. The SMILES string of the molecule is C=CCn1c(=NC(=O)c2ccnn2CC)sc2cc(C)c(C)cc21. The molecule has 0 unspecified atom stereocenters. The number of hydrogen-bond acceptors (Lipinski definition) is 3. The number of nitrogens with zero attached hydrogens (tertiary/aromatic N) is 4. The highest BCUT2D eigenvalue weighted by Crippen LogP contribution is 2.22. The van der Waals surface area contributed by atoms with E-state index in [0.717, 1.165) is 10.2 Å². The summed E-state index contributed by atoms with van der Waals surface area (Å²) in [4.78, 5) is 17.6. The van der Waals surface area contributed by atoms with E-state index in [2.05, 4.69) is 42.7 Å². The molecule has 2 aromatic heterocycles. The third-order valence-corrected chi connectivity index (χ3v) is 5.08. The van der Waals surface area contributed by atoms with E-state index < -0.39 is 0 Å². The van der Waals surface area contributed by atoms with Crippen LogP contribution in [0.2, 0.25) is 0 Å². The smallest absolute Gasteiger partial charge is 0.297 e. The Morgan fingerprint density at radius 3 is 2.83 bits per heavy atom. The summed E-state index contributed by atoms with van der Waals surface area (Å²) in [7, 11) is 0. The number of fused-ring (bicyclic) bond motifs is 1. The number of aryl methyl sites for hydroxylation is 3. The minimum Gasteiger partial charge on any atom is -0.312 e. The van der Waals surface area contributed by atoms with E-state index in [-0.39, 0.29) is 5.91 Å². The van der Waals surface area contributed by atoms with E-state index in [1.165, 1.54) is 22.5 Å². The van der Waals surface area contributed by atoms with Crippen LogP contribution in [-0.4, -0.2) is 20.3 Å². The van der Waals surface area contributed by atoms with E-state index in [1.807, 2.05) is 17.6 Å². The molecule has 2 heterocycles. The third kappa shape index (κ3) is 2.85. The van der Waals surface area contributed by atoms with Crippen molar-refractivity contribution in [2.45, 2.75) is 33.9 Å². The Labute approximate surface area is 144 Å². The predicted octanol–water partition coefficient (Wildman–Crippen LogP) is 3.46. The summed E-state index contributed by atoms with van der Waals surface area (Å²) in [5, 5.41) is 4.14. The van der Waals surface area contributed by atoms with Crippen molar-refractivity contribution in [1.82, 2.24) is 14.3 Å². The van der Waals surface area contributed by atoms with Crippen molar-refractivity contribution in [3.8, 4) is 0 Å². The Morgan fingerprint density at radius 2 is 2.12 bits per heavy atom. The number of allylic oxidation sites excluding steroid dienone is 1. The monoisotopic (exact) mass is 340 g/mol. The highest BCUT2D eigenvalue weighted by Gasteiger charge is 2.12. The average molecular weight is 340 g/mol. The van der Waals surface area contributed by atoms with E-state index in [1.54, 1.807) is 16.9 Å². The van der Waals surface area contributed by atoms with Crippen LogP contribution >= 0.6 is 11.3 Å². The van der Waals surface area contributed by atoms with Crippen LogP contribution in [0.4, 0.5) is 0 Å². The molecule has 6 heteroatoms. The standard InChI is InChI=1S/C18H20N4OS/c1-5-9-21-15-10-12(3)13(4)11-16(15)24-18(21)20-17(23)14-7-8-19-22(14)6-2/h5,7-8,10-11H,1,6,9H2,2-4H3. The average Bonchev–Trinajstić information content (AvgIpc) is 3.14. The van der Waals surface area contributed by atoms with Gasteiger partial charge in [0.15, 0.2) is 4.80 Å². The van der Waals surface area contributed by atoms with Gasteiger partial charge >= 0.3 is 0 Å². The summed E-state index contributed by atoms with van der Waals surface area (Å²) in [6, 6.07) is 5.99. The summed E-state index contributed by atoms with van der Waals surface area (Å²) in [5.74, 6) is -0.271. The topological polar surface area (TPSA) is 52.2 Å². The van der Waals surface area contributed by atoms with Gasteiger partial charge in [-0.05, 0) is 50.1 Å². The lowest BCUT2D eigenvalue weighted by Crippen LogP contribution is -2.17. The maximum Gasteiger partial charge on any atom is 0.297 e. The molecule has 3 aromatic rings. The second-order valence-electron chi connectivity index (χ2n) is 5.64. The summed E-state index contributed by atoms with van der Waals surface area (Å²) >= 11 is 1.52. The zero-order chi connectivity index (χ0) is 17.3. The highest BCUT2D eigenvalue weighted by atomic mass is 32.1. The van der Waals surface area contributed by atoms with Crippen molar-refractivity contribution in [1.29, 1.82) is 0 Å². The number of rotatable bonds is 4. The van der Waals surface area contributed by atoms with Crippen molar-refractivity contribution in [3.63, 3.8) is 0 Å². The first kappa shape index (κ1) is 16.4. The van der Waals surface area contributed by atoms with E-state index in [9.17, 15) is 4.79 Å². The van der Waals surface area contributed by atoms with Gasteiger partial charge in [0.1, 0.15) is 5.69 Å². The number of carbonyl (C=O) groups is 1. The van der Waals surface area contributed by atoms with Crippen LogP contribution in [0.3, 0.4) is 0 Å². The molecule has 1 amide bonds. The summed E-state index contributed by atoms with van der Waals surface area (Å²) in [6.45, 7) is 11.2. The third-order valence-electron chi connectivity index (χ3n) is 4.04. The molecule has 5 nitrogen and oxygen atoms in total.